The van der Waals surface area contributed by atoms with Gasteiger partial charge in [0, 0.05) is 27.7 Å². The van der Waals surface area contributed by atoms with Crippen molar-refractivity contribution in [2.45, 2.75) is 12.7 Å². The lowest BCUT2D eigenvalue weighted by molar-refractivity contribution is -0.137. The zero-order chi connectivity index (χ0) is 22.0. The number of urea groups is 1. The summed E-state index contributed by atoms with van der Waals surface area (Å²) >= 11 is 1.60. The molecule has 158 valence electrons. The van der Waals surface area contributed by atoms with Gasteiger partial charge in [0.25, 0.3) is 0 Å². The van der Waals surface area contributed by atoms with Crippen LogP contribution in [0.2, 0.25) is 0 Å². The number of benzene rings is 2. The number of thiophene rings is 1. The molecule has 5 nitrogen and oxygen atoms in total. The summed E-state index contributed by atoms with van der Waals surface area (Å²) in [6.45, 7) is 4.07. The van der Waals surface area contributed by atoms with Gasteiger partial charge in [0.1, 0.15) is 0 Å². The van der Waals surface area contributed by atoms with Crippen molar-refractivity contribution in [1.82, 2.24) is 4.98 Å². The van der Waals surface area contributed by atoms with Gasteiger partial charge in [-0.15, -0.1) is 11.3 Å². The number of nitrogens with zero attached hydrogens (tertiary/aromatic N) is 1. The first-order chi connectivity index (χ1) is 14.8. The number of halogens is 3. The van der Waals surface area contributed by atoms with Crippen LogP contribution in [0.1, 0.15) is 11.1 Å². The van der Waals surface area contributed by atoms with Gasteiger partial charge in [0.05, 0.1) is 17.8 Å². The molecule has 2 aromatic carbocycles. The van der Waals surface area contributed by atoms with E-state index in [1.54, 1.807) is 17.5 Å². The molecule has 0 aliphatic rings. The van der Waals surface area contributed by atoms with Crippen LogP contribution < -0.4 is 10.6 Å². The number of anilines is 2. The summed E-state index contributed by atoms with van der Waals surface area (Å²) in [5.74, 6) is 0. The van der Waals surface area contributed by atoms with Crippen molar-refractivity contribution in [3.05, 3.63) is 71.2 Å². The molecule has 0 aliphatic heterocycles. The Labute approximate surface area is 179 Å². The minimum atomic E-state index is -4.42. The normalized spacial score (nSPS) is 11.5. The third-order valence-corrected chi connectivity index (χ3v) is 5.66. The summed E-state index contributed by atoms with van der Waals surface area (Å²) in [5.41, 5.74) is 2.97. The van der Waals surface area contributed by atoms with Gasteiger partial charge in [0.2, 0.25) is 0 Å². The standard InChI is InChI=1S/C22H17F3N4OS/c1-26-10-13-8-20(31-12-13)14-2-7-18-17(9-14)19(11-27-18)29-21(30)28-16-5-3-15(4-6-16)22(23,24)25/h2-9,11-12,27H,1,10H2,(H2,28,29,30). The van der Waals surface area contributed by atoms with E-state index in [0.717, 1.165) is 39.0 Å². The predicted octanol–water partition coefficient (Wildman–Crippen LogP) is 6.76. The van der Waals surface area contributed by atoms with Crippen LogP contribution in [-0.4, -0.2) is 17.7 Å². The summed E-state index contributed by atoms with van der Waals surface area (Å²) in [6, 6.07) is 11.6. The summed E-state index contributed by atoms with van der Waals surface area (Å²) in [5, 5.41) is 8.13. The molecule has 0 unspecified atom stereocenters. The van der Waals surface area contributed by atoms with Crippen molar-refractivity contribution in [2.75, 3.05) is 10.6 Å². The molecule has 0 bridgehead atoms. The molecule has 4 aromatic rings. The molecule has 2 aromatic heterocycles. The van der Waals surface area contributed by atoms with Crippen LogP contribution in [0.5, 0.6) is 0 Å². The second kappa shape index (κ2) is 8.27. The number of carbonyl (C=O) groups is 1. The van der Waals surface area contributed by atoms with E-state index in [9.17, 15) is 18.0 Å². The maximum atomic E-state index is 12.7. The second-order valence-corrected chi connectivity index (χ2v) is 7.73. The van der Waals surface area contributed by atoms with E-state index in [1.807, 2.05) is 23.6 Å². The smallest absolute Gasteiger partial charge is 0.359 e. The number of carbonyl (C=O) groups excluding carboxylic acids is 1. The number of H-pyrrole nitrogens is 1. The monoisotopic (exact) mass is 442 g/mol. The number of hydrogen-bond donors (Lipinski definition) is 3. The Kier molecular flexibility index (Phi) is 5.51. The van der Waals surface area contributed by atoms with Gasteiger partial charge in [-0.1, -0.05) is 6.07 Å². The molecule has 0 aliphatic carbocycles. The number of hydrogen-bond acceptors (Lipinski definition) is 3. The Hall–Kier alpha value is -3.59. The van der Waals surface area contributed by atoms with Crippen molar-refractivity contribution in [3.63, 3.8) is 0 Å². The summed E-state index contributed by atoms with van der Waals surface area (Å²) in [7, 11) is 0. The van der Waals surface area contributed by atoms with Crippen LogP contribution in [0.4, 0.5) is 29.3 Å². The van der Waals surface area contributed by atoms with Gasteiger partial charge in [-0.25, -0.2) is 4.79 Å². The fourth-order valence-electron chi connectivity index (χ4n) is 3.14. The van der Waals surface area contributed by atoms with Crippen molar-refractivity contribution in [1.29, 1.82) is 0 Å². The van der Waals surface area contributed by atoms with Gasteiger partial charge in [-0.05, 0) is 65.7 Å². The third-order valence-electron chi connectivity index (χ3n) is 4.63. The Balaban J connectivity index is 1.51. The Morgan fingerprint density at radius 3 is 2.58 bits per heavy atom. The fourth-order valence-corrected chi connectivity index (χ4v) is 4.05. The number of nitrogens with one attached hydrogen (secondary N) is 3. The molecule has 0 fully saturated rings. The lowest BCUT2D eigenvalue weighted by Gasteiger charge is -2.09. The lowest BCUT2D eigenvalue weighted by Crippen LogP contribution is -2.19. The molecule has 0 saturated carbocycles. The average molecular weight is 442 g/mol. The second-order valence-electron chi connectivity index (χ2n) is 6.82. The highest BCUT2D eigenvalue weighted by Crippen LogP contribution is 2.33. The molecule has 0 radical (unpaired) electrons. The molecular formula is C22H17F3N4OS. The zero-order valence-corrected chi connectivity index (χ0v) is 16.9. The van der Waals surface area contributed by atoms with Gasteiger partial charge >= 0.3 is 12.2 Å². The first-order valence-corrected chi connectivity index (χ1v) is 10.1. The number of fused-ring (bicyclic) bond motifs is 1. The predicted molar refractivity (Wildman–Crippen MR) is 119 cm³/mol. The van der Waals surface area contributed by atoms with Crippen LogP contribution in [0.15, 0.2) is 65.1 Å². The van der Waals surface area contributed by atoms with E-state index in [-0.39, 0.29) is 5.69 Å². The number of rotatable bonds is 5. The molecule has 9 heteroatoms. The van der Waals surface area contributed by atoms with Gasteiger partial charge in [-0.3, -0.25) is 4.99 Å². The fraction of sp³-hybridized carbons (Fsp3) is 0.0909. The Morgan fingerprint density at radius 1 is 1.10 bits per heavy atom. The van der Waals surface area contributed by atoms with Gasteiger partial charge < -0.3 is 15.6 Å². The topological polar surface area (TPSA) is 69.3 Å². The number of alkyl halides is 3. The molecular weight excluding hydrogens is 425 g/mol. The zero-order valence-electron chi connectivity index (χ0n) is 16.1. The minimum Gasteiger partial charge on any atom is -0.359 e. The minimum absolute atomic E-state index is 0.257. The van der Waals surface area contributed by atoms with Crippen LogP contribution in [0, 0.1) is 0 Å². The number of aromatic nitrogens is 1. The molecule has 0 spiro atoms. The summed E-state index contributed by atoms with van der Waals surface area (Å²) in [4.78, 5) is 20.4. The Bertz CT molecular complexity index is 1240. The summed E-state index contributed by atoms with van der Waals surface area (Å²) < 4.78 is 38.0. The third kappa shape index (κ3) is 4.61. The van der Waals surface area contributed by atoms with Crippen LogP contribution in [0.3, 0.4) is 0 Å². The van der Waals surface area contributed by atoms with E-state index >= 15 is 0 Å². The highest BCUT2D eigenvalue weighted by molar-refractivity contribution is 7.13. The van der Waals surface area contributed by atoms with Crippen LogP contribution in [0.25, 0.3) is 21.3 Å². The number of aromatic amines is 1. The van der Waals surface area contributed by atoms with Crippen LogP contribution >= 0.6 is 11.3 Å². The van der Waals surface area contributed by atoms with Crippen molar-refractivity contribution in [2.24, 2.45) is 4.99 Å². The molecule has 0 saturated heterocycles. The Morgan fingerprint density at radius 2 is 1.87 bits per heavy atom. The van der Waals surface area contributed by atoms with E-state index in [1.165, 1.54) is 12.1 Å². The highest BCUT2D eigenvalue weighted by atomic mass is 32.1. The number of aliphatic imine (C=N–C) groups is 1. The molecule has 0 atom stereocenters. The van der Waals surface area contributed by atoms with Crippen LogP contribution in [-0.2, 0) is 12.7 Å². The first kappa shape index (κ1) is 20.7. The number of amides is 2. The average Bonchev–Trinajstić information content (AvgIpc) is 3.35. The molecule has 2 amide bonds. The van der Waals surface area contributed by atoms with E-state index in [2.05, 4.69) is 33.4 Å². The first-order valence-electron chi connectivity index (χ1n) is 9.20. The van der Waals surface area contributed by atoms with E-state index in [0.29, 0.717) is 12.2 Å². The highest BCUT2D eigenvalue weighted by Gasteiger charge is 2.30. The summed E-state index contributed by atoms with van der Waals surface area (Å²) in [6.07, 6.45) is -2.75. The maximum Gasteiger partial charge on any atom is 0.416 e. The van der Waals surface area contributed by atoms with Gasteiger partial charge in [-0.2, -0.15) is 13.2 Å². The van der Waals surface area contributed by atoms with Crippen molar-refractivity contribution < 1.29 is 18.0 Å². The van der Waals surface area contributed by atoms with Crippen molar-refractivity contribution >= 4 is 46.4 Å². The molecule has 3 N–H and O–H groups in total. The molecule has 4 rings (SSSR count). The quantitative estimate of drug-likeness (QED) is 0.294. The SMILES string of the molecule is C=NCc1csc(-c2ccc3[nH]cc(NC(=O)Nc4ccc(C(F)(F)F)cc4)c3c2)c1. The molecule has 2 heterocycles. The van der Waals surface area contributed by atoms with E-state index < -0.39 is 17.8 Å². The maximum absolute atomic E-state index is 12.7. The largest absolute Gasteiger partial charge is 0.416 e. The molecule has 31 heavy (non-hydrogen) atoms. The van der Waals surface area contributed by atoms with Gasteiger partial charge in [0.15, 0.2) is 0 Å². The lowest BCUT2D eigenvalue weighted by atomic mass is 10.1. The van der Waals surface area contributed by atoms with Crippen molar-refractivity contribution in [3.8, 4) is 10.4 Å². The van der Waals surface area contributed by atoms with E-state index in [4.69, 9.17) is 0 Å².